The van der Waals surface area contributed by atoms with Gasteiger partial charge in [0, 0.05) is 49.9 Å². The number of nitrogens with two attached hydrogens (primary N) is 1. The van der Waals surface area contributed by atoms with Crippen LogP contribution in [0.25, 0.3) is 11.3 Å². The van der Waals surface area contributed by atoms with Crippen molar-refractivity contribution in [2.45, 2.75) is 6.92 Å². The summed E-state index contributed by atoms with van der Waals surface area (Å²) in [6.45, 7) is 2.91. The molecule has 1 aliphatic rings. The molecule has 1 fully saturated rings. The molecule has 0 aliphatic carbocycles. The predicted octanol–water partition coefficient (Wildman–Crippen LogP) is 1.96. The van der Waals surface area contributed by atoms with Crippen LogP contribution in [0.3, 0.4) is 0 Å². The lowest BCUT2D eigenvalue weighted by Crippen LogP contribution is -2.49. The number of aliphatic imine (C=N–C) groups is 1. The van der Waals surface area contributed by atoms with Crippen molar-refractivity contribution >= 4 is 18.1 Å². The zero-order valence-corrected chi connectivity index (χ0v) is 15.8. The first-order valence-electron chi connectivity index (χ1n) is 8.79. The van der Waals surface area contributed by atoms with Crippen LogP contribution in [0.1, 0.15) is 15.9 Å². The monoisotopic (exact) mass is 375 g/mol. The molecule has 1 saturated heterocycles. The quantitative estimate of drug-likeness (QED) is 0.771. The molecule has 8 heteroatoms. The van der Waals surface area contributed by atoms with Crippen LogP contribution >= 0.6 is 0 Å². The van der Waals surface area contributed by atoms with Gasteiger partial charge in [-0.25, -0.2) is 9.97 Å². The van der Waals surface area contributed by atoms with Crippen molar-refractivity contribution in [3.8, 4) is 17.3 Å². The van der Waals surface area contributed by atoms with Crippen LogP contribution in [-0.2, 0) is 0 Å². The van der Waals surface area contributed by atoms with Crippen molar-refractivity contribution in [3.05, 3.63) is 53.5 Å². The molecule has 8 nitrogen and oxygen atoms in total. The minimum Gasteiger partial charge on any atom is -0.403 e. The fourth-order valence-corrected chi connectivity index (χ4v) is 2.86. The van der Waals surface area contributed by atoms with Crippen molar-refractivity contribution in [1.29, 1.82) is 5.26 Å². The second-order valence-electron chi connectivity index (χ2n) is 6.47. The fourth-order valence-electron chi connectivity index (χ4n) is 2.86. The Hall–Kier alpha value is -3.73. The summed E-state index contributed by atoms with van der Waals surface area (Å²) in [6.07, 6.45) is 4.70. The number of aryl methyl sites for hydroxylation is 1. The third kappa shape index (κ3) is 3.99. The number of hydrogen-bond acceptors (Lipinski definition) is 7. The van der Waals surface area contributed by atoms with Gasteiger partial charge in [-0.15, -0.1) is 0 Å². The molecule has 2 aromatic rings. The largest absolute Gasteiger partial charge is 0.403 e. The maximum absolute atomic E-state index is 12.4. The Morgan fingerprint density at radius 3 is 2.71 bits per heavy atom. The molecule has 3 rings (SSSR count). The number of aromatic nitrogens is 2. The predicted molar refractivity (Wildman–Crippen MR) is 108 cm³/mol. The molecule has 0 radical (unpaired) electrons. The Kier molecular flexibility index (Phi) is 5.65. The maximum Gasteiger partial charge on any atom is 0.253 e. The van der Waals surface area contributed by atoms with E-state index in [2.05, 4.69) is 26.3 Å². The molecule has 3 N–H and O–H groups in total. The number of nitrogens with one attached hydrogen (secondary N) is 1. The average molecular weight is 375 g/mol. The summed E-state index contributed by atoms with van der Waals surface area (Å²) in [6, 6.07) is 9.45. The number of nitrogens with zero attached hydrogens (tertiary/aromatic N) is 5. The zero-order valence-electron chi connectivity index (χ0n) is 15.8. The number of nitriles is 1. The Morgan fingerprint density at radius 1 is 1.39 bits per heavy atom. The molecule has 1 aromatic heterocycles. The smallest absolute Gasteiger partial charge is 0.253 e. The van der Waals surface area contributed by atoms with Gasteiger partial charge in [0.2, 0.25) is 5.95 Å². The number of likely N-dealkylation sites (tertiary alicyclic amines) is 1. The van der Waals surface area contributed by atoms with Crippen molar-refractivity contribution in [1.82, 2.24) is 14.9 Å². The van der Waals surface area contributed by atoms with Gasteiger partial charge in [-0.2, -0.15) is 5.26 Å². The summed E-state index contributed by atoms with van der Waals surface area (Å²) in [4.78, 5) is 26.8. The van der Waals surface area contributed by atoms with E-state index in [0.717, 1.165) is 16.8 Å². The number of anilines is 1. The minimum absolute atomic E-state index is 0.0528. The fraction of sp³-hybridized carbons (Fsp3) is 0.250. The lowest BCUT2D eigenvalue weighted by molar-refractivity contribution is 0.0577. The van der Waals surface area contributed by atoms with E-state index in [-0.39, 0.29) is 11.8 Å². The summed E-state index contributed by atoms with van der Waals surface area (Å²) in [5, 5.41) is 11.9. The number of amides is 1. The zero-order chi connectivity index (χ0) is 20.1. The van der Waals surface area contributed by atoms with Gasteiger partial charge in [0.15, 0.2) is 0 Å². The third-order valence-corrected chi connectivity index (χ3v) is 4.43. The molecule has 0 atom stereocenters. The molecule has 1 aromatic carbocycles. The minimum atomic E-state index is -0.0589. The molecule has 142 valence electrons. The summed E-state index contributed by atoms with van der Waals surface area (Å²) in [5.41, 5.74) is 9.29. The second kappa shape index (κ2) is 8.31. The average Bonchev–Trinajstić information content (AvgIpc) is 2.68. The van der Waals surface area contributed by atoms with Crippen molar-refractivity contribution in [2.24, 2.45) is 16.6 Å². The van der Waals surface area contributed by atoms with Gasteiger partial charge in [-0.05, 0) is 24.6 Å². The van der Waals surface area contributed by atoms with Gasteiger partial charge in [0.05, 0.1) is 23.4 Å². The summed E-state index contributed by atoms with van der Waals surface area (Å²) in [5.74, 6) is 0.292. The highest BCUT2D eigenvalue weighted by atomic mass is 16.2. The second-order valence-corrected chi connectivity index (χ2v) is 6.47. The third-order valence-electron chi connectivity index (χ3n) is 4.43. The van der Waals surface area contributed by atoms with E-state index in [9.17, 15) is 4.79 Å². The highest BCUT2D eigenvalue weighted by Gasteiger charge is 2.30. The van der Waals surface area contributed by atoms with Crippen LogP contribution < -0.4 is 11.1 Å². The van der Waals surface area contributed by atoms with Crippen molar-refractivity contribution < 1.29 is 4.79 Å². The molecule has 0 saturated carbocycles. The Labute approximate surface area is 163 Å². The highest BCUT2D eigenvalue weighted by Crippen LogP contribution is 2.24. The highest BCUT2D eigenvalue weighted by molar-refractivity contribution is 5.95. The van der Waals surface area contributed by atoms with Gasteiger partial charge in [0.25, 0.3) is 5.91 Å². The lowest BCUT2D eigenvalue weighted by Gasteiger charge is -2.35. The van der Waals surface area contributed by atoms with Gasteiger partial charge >= 0.3 is 0 Å². The van der Waals surface area contributed by atoms with E-state index >= 15 is 0 Å². The molecule has 2 heterocycles. The van der Waals surface area contributed by atoms with E-state index in [1.54, 1.807) is 36.5 Å². The number of rotatable bonds is 5. The molecule has 1 aliphatic heterocycles. The molecular weight excluding hydrogens is 354 g/mol. The van der Waals surface area contributed by atoms with Gasteiger partial charge in [-0.1, -0.05) is 12.1 Å². The Morgan fingerprint density at radius 2 is 2.11 bits per heavy atom. The first kappa shape index (κ1) is 19.0. The first-order chi connectivity index (χ1) is 13.5. The van der Waals surface area contributed by atoms with E-state index in [4.69, 9.17) is 11.0 Å². The number of carbonyl (C=O) groups excluding carboxylic acids is 1. The molecular formula is C20H21N7O. The standard InChI is InChI=1S/C20H21N7O/c1-13-9-24-20(25-17(8-22)10-23-2)26-18(13)15-3-5-16(6-4-15)19(28)27-11-14(7-21)12-27/h3-6,8-10,14H,11-12,22H2,1-2H3,(H,24,25,26)/b17-8+,23-10?. The number of allylic oxidation sites excluding steroid dienone is 1. The van der Waals surface area contributed by atoms with E-state index < -0.39 is 0 Å². The van der Waals surface area contributed by atoms with Crippen LogP contribution in [0, 0.1) is 24.2 Å². The van der Waals surface area contributed by atoms with Crippen LogP contribution in [0.2, 0.25) is 0 Å². The first-order valence-corrected chi connectivity index (χ1v) is 8.79. The number of carbonyl (C=O) groups is 1. The van der Waals surface area contributed by atoms with E-state index in [1.807, 2.05) is 19.1 Å². The summed E-state index contributed by atoms with van der Waals surface area (Å²) < 4.78 is 0. The van der Waals surface area contributed by atoms with Gasteiger partial charge in [-0.3, -0.25) is 9.79 Å². The van der Waals surface area contributed by atoms with Crippen LogP contribution in [0.4, 0.5) is 5.95 Å². The van der Waals surface area contributed by atoms with E-state index in [1.165, 1.54) is 6.20 Å². The topological polar surface area (TPSA) is 120 Å². The van der Waals surface area contributed by atoms with Gasteiger partial charge in [0.1, 0.15) is 0 Å². The normalized spacial score (nSPS) is 14.6. The molecule has 0 bridgehead atoms. The van der Waals surface area contributed by atoms with Crippen LogP contribution in [0.5, 0.6) is 0 Å². The number of hydrogen-bond donors (Lipinski definition) is 2. The molecule has 0 unspecified atom stereocenters. The van der Waals surface area contributed by atoms with Crippen LogP contribution in [0.15, 0.2) is 47.4 Å². The Bertz CT molecular complexity index is 967. The molecule has 28 heavy (non-hydrogen) atoms. The number of benzene rings is 1. The maximum atomic E-state index is 12.4. The molecule has 0 spiro atoms. The van der Waals surface area contributed by atoms with Crippen LogP contribution in [-0.4, -0.2) is 47.1 Å². The summed E-state index contributed by atoms with van der Waals surface area (Å²) >= 11 is 0. The molecule has 1 amide bonds. The van der Waals surface area contributed by atoms with Crippen molar-refractivity contribution in [2.75, 3.05) is 25.5 Å². The SMILES string of the molecule is CN=C/C(=C\N)Nc1ncc(C)c(-c2ccc(C(=O)N3CC(C#N)C3)cc2)n1. The van der Waals surface area contributed by atoms with E-state index in [0.29, 0.717) is 30.3 Å². The summed E-state index contributed by atoms with van der Waals surface area (Å²) in [7, 11) is 1.65. The Balaban J connectivity index is 1.79. The lowest BCUT2D eigenvalue weighted by atomic mass is 10.00. The van der Waals surface area contributed by atoms with Crippen molar-refractivity contribution in [3.63, 3.8) is 0 Å². The van der Waals surface area contributed by atoms with Gasteiger partial charge < -0.3 is 16.0 Å².